The van der Waals surface area contributed by atoms with Crippen LogP contribution >= 0.6 is 15.9 Å². The Morgan fingerprint density at radius 3 is 2.60 bits per heavy atom. The van der Waals surface area contributed by atoms with Crippen LogP contribution in [0.2, 0.25) is 0 Å². The molecule has 0 aliphatic heterocycles. The Morgan fingerprint density at radius 1 is 1.80 bits per heavy atom. The summed E-state index contributed by atoms with van der Waals surface area (Å²) in [5.41, 5.74) is 0. The molecule has 1 radical (unpaired) electrons. The van der Waals surface area contributed by atoms with E-state index in [2.05, 4.69) is 29.4 Å². The van der Waals surface area contributed by atoms with Crippen molar-refractivity contribution in [2.75, 3.05) is 6.61 Å². The minimum atomic E-state index is -0.885. The predicted molar refractivity (Wildman–Crippen MR) is 43.9 cm³/mol. The Kier molecular flexibility index (Phi) is 3.83. The summed E-state index contributed by atoms with van der Waals surface area (Å²) in [5, 5.41) is 8.49. The van der Waals surface area contributed by atoms with Gasteiger partial charge >= 0.3 is 0 Å². The first kappa shape index (κ1) is 9.85. The molecule has 0 spiro atoms. The molecule has 0 amide bonds. The van der Waals surface area contributed by atoms with Crippen molar-refractivity contribution in [3.05, 3.63) is 19.6 Å². The average Bonchev–Trinajstić information content (AvgIpc) is 1.86. The molecule has 0 saturated carbocycles. The lowest BCUT2D eigenvalue weighted by atomic mass is 10.0. The van der Waals surface area contributed by atoms with Gasteiger partial charge < -0.3 is 5.11 Å². The highest BCUT2D eigenvalue weighted by Gasteiger charge is 2.26. The van der Waals surface area contributed by atoms with Crippen molar-refractivity contribution >= 4 is 21.7 Å². The molecule has 1 atom stereocenters. The van der Waals surface area contributed by atoms with Gasteiger partial charge in [-0.15, -0.1) is 0 Å². The normalized spacial score (nSPS) is 15.9. The maximum absolute atomic E-state index is 10.9. The molecule has 0 saturated heterocycles. The number of rotatable bonds is 4. The third-order valence-corrected chi connectivity index (χ3v) is 1.92. The number of ketones is 1. The van der Waals surface area contributed by atoms with Gasteiger partial charge in [-0.25, -0.2) is 0 Å². The highest BCUT2D eigenvalue weighted by molar-refractivity contribution is 9.10. The van der Waals surface area contributed by atoms with Crippen LogP contribution in [0.25, 0.3) is 0 Å². The molecule has 0 aromatic heterocycles. The summed E-state index contributed by atoms with van der Waals surface area (Å²) in [6, 6.07) is 0. The molecule has 10 heavy (non-hydrogen) atoms. The first-order valence-electron chi connectivity index (χ1n) is 2.86. The number of carbonyl (C=O) groups excluding carboxylic acids is 1. The van der Waals surface area contributed by atoms with Gasteiger partial charge in [0.15, 0.2) is 5.78 Å². The van der Waals surface area contributed by atoms with Crippen LogP contribution in [-0.2, 0) is 4.79 Å². The summed E-state index contributed by atoms with van der Waals surface area (Å²) in [4.78, 5) is 10.9. The summed E-state index contributed by atoms with van der Waals surface area (Å²) in [6.07, 6.45) is 1.50. The lowest BCUT2D eigenvalue weighted by Crippen LogP contribution is -2.27. The minimum Gasteiger partial charge on any atom is -0.396 e. The SMILES string of the molecule is [CH2]C(Br)(CCO)C(=O)C=C. The van der Waals surface area contributed by atoms with Crippen molar-refractivity contribution in [3.63, 3.8) is 0 Å². The van der Waals surface area contributed by atoms with Gasteiger partial charge in [-0.2, -0.15) is 0 Å². The molecule has 1 N–H and O–H groups in total. The zero-order valence-electron chi connectivity index (χ0n) is 5.64. The van der Waals surface area contributed by atoms with Gasteiger partial charge in [-0.05, 0) is 19.4 Å². The van der Waals surface area contributed by atoms with E-state index in [-0.39, 0.29) is 12.4 Å². The van der Waals surface area contributed by atoms with E-state index in [0.29, 0.717) is 6.42 Å². The molecular weight excluding hydrogens is 196 g/mol. The van der Waals surface area contributed by atoms with Crippen molar-refractivity contribution < 1.29 is 9.90 Å². The van der Waals surface area contributed by atoms with E-state index in [4.69, 9.17) is 5.11 Å². The van der Waals surface area contributed by atoms with Crippen molar-refractivity contribution in [1.29, 1.82) is 0 Å². The molecule has 0 fully saturated rings. The van der Waals surface area contributed by atoms with Gasteiger partial charge in [-0.1, -0.05) is 22.5 Å². The number of carbonyl (C=O) groups is 1. The van der Waals surface area contributed by atoms with E-state index in [1.54, 1.807) is 0 Å². The molecule has 2 nitrogen and oxygen atoms in total. The zero-order chi connectivity index (χ0) is 8.20. The number of aliphatic hydroxyl groups is 1. The number of hydrogen-bond donors (Lipinski definition) is 1. The summed E-state index contributed by atoms with van der Waals surface area (Å²) >= 11 is 3.08. The molecule has 57 valence electrons. The van der Waals surface area contributed by atoms with Crippen molar-refractivity contribution in [2.24, 2.45) is 0 Å². The second-order valence-corrected chi connectivity index (χ2v) is 3.53. The fourth-order valence-electron chi connectivity index (χ4n) is 0.483. The summed E-state index contributed by atoms with van der Waals surface area (Å²) in [5.74, 6) is -0.207. The summed E-state index contributed by atoms with van der Waals surface area (Å²) < 4.78 is -0.885. The van der Waals surface area contributed by atoms with Crippen LogP contribution in [0.1, 0.15) is 6.42 Å². The third-order valence-electron chi connectivity index (χ3n) is 1.14. The second-order valence-electron chi connectivity index (χ2n) is 2.01. The third kappa shape index (κ3) is 2.62. The smallest absolute Gasteiger partial charge is 0.171 e. The van der Waals surface area contributed by atoms with E-state index in [9.17, 15) is 4.79 Å². The topological polar surface area (TPSA) is 37.3 Å². The average molecular weight is 206 g/mol. The lowest BCUT2D eigenvalue weighted by Gasteiger charge is -2.16. The molecule has 0 aromatic carbocycles. The predicted octanol–water partition coefficient (Wildman–Crippen LogP) is 1.09. The Morgan fingerprint density at radius 2 is 2.30 bits per heavy atom. The highest BCUT2D eigenvalue weighted by Crippen LogP contribution is 2.22. The van der Waals surface area contributed by atoms with Crippen LogP contribution in [0.4, 0.5) is 0 Å². The molecule has 0 aliphatic rings. The molecule has 0 bridgehead atoms. The number of hydrogen-bond acceptors (Lipinski definition) is 2. The molecule has 0 aromatic rings. The number of aliphatic hydroxyl groups excluding tert-OH is 1. The maximum Gasteiger partial charge on any atom is 0.171 e. The molecule has 1 unspecified atom stereocenters. The molecule has 0 rings (SSSR count). The standard InChI is InChI=1S/C7H10BrO2/c1-3-6(10)7(2,8)4-5-9/h3,9H,1-2,4-5H2. The number of halogens is 1. The molecule has 3 heteroatoms. The van der Waals surface area contributed by atoms with Crippen LogP contribution in [0.3, 0.4) is 0 Å². The van der Waals surface area contributed by atoms with Crippen molar-refractivity contribution in [3.8, 4) is 0 Å². The first-order chi connectivity index (χ1) is 4.54. The van der Waals surface area contributed by atoms with Gasteiger partial charge in [0.25, 0.3) is 0 Å². The molecule has 0 heterocycles. The van der Waals surface area contributed by atoms with Gasteiger partial charge in [0, 0.05) is 6.61 Å². The van der Waals surface area contributed by atoms with Crippen molar-refractivity contribution in [1.82, 2.24) is 0 Å². The molecular formula is C7H10BrO2. The largest absolute Gasteiger partial charge is 0.396 e. The lowest BCUT2D eigenvalue weighted by molar-refractivity contribution is -0.116. The number of alkyl halides is 1. The Hall–Kier alpha value is -0.150. The van der Waals surface area contributed by atoms with Gasteiger partial charge in [0.2, 0.25) is 0 Å². The van der Waals surface area contributed by atoms with Crippen molar-refractivity contribution in [2.45, 2.75) is 10.7 Å². The van der Waals surface area contributed by atoms with Crippen LogP contribution < -0.4 is 0 Å². The Bertz CT molecular complexity index is 141. The number of allylic oxidation sites excluding steroid dienone is 1. The Balaban J connectivity index is 4.08. The molecule has 0 aliphatic carbocycles. The van der Waals surface area contributed by atoms with Crippen LogP contribution in [0.5, 0.6) is 0 Å². The van der Waals surface area contributed by atoms with Gasteiger partial charge in [0.05, 0.1) is 4.32 Å². The highest BCUT2D eigenvalue weighted by atomic mass is 79.9. The van der Waals surface area contributed by atoms with Gasteiger partial charge in [-0.3, -0.25) is 4.79 Å². The van der Waals surface area contributed by atoms with E-state index in [1.165, 1.54) is 6.08 Å². The van der Waals surface area contributed by atoms with E-state index < -0.39 is 4.32 Å². The van der Waals surface area contributed by atoms with E-state index >= 15 is 0 Å². The summed E-state index contributed by atoms with van der Waals surface area (Å²) in [7, 11) is 0. The van der Waals surface area contributed by atoms with Crippen LogP contribution in [0.15, 0.2) is 12.7 Å². The van der Waals surface area contributed by atoms with E-state index in [0.717, 1.165) is 0 Å². The maximum atomic E-state index is 10.9. The minimum absolute atomic E-state index is 0.0612. The monoisotopic (exact) mass is 205 g/mol. The van der Waals surface area contributed by atoms with Crippen LogP contribution in [-0.4, -0.2) is 21.8 Å². The van der Waals surface area contributed by atoms with E-state index in [1.807, 2.05) is 0 Å². The quantitative estimate of drug-likeness (QED) is 0.552. The summed E-state index contributed by atoms with van der Waals surface area (Å²) in [6.45, 7) is 6.81. The first-order valence-corrected chi connectivity index (χ1v) is 3.66. The fraction of sp³-hybridized carbons (Fsp3) is 0.429. The fourth-order valence-corrected chi connectivity index (χ4v) is 0.823. The van der Waals surface area contributed by atoms with Gasteiger partial charge in [0.1, 0.15) is 0 Å². The second kappa shape index (κ2) is 3.88. The van der Waals surface area contributed by atoms with Crippen LogP contribution in [0, 0.1) is 6.92 Å². The Labute approximate surface area is 69.1 Å². The zero-order valence-corrected chi connectivity index (χ0v) is 7.23.